The molecule has 1 N–H and O–H groups in total. The van der Waals surface area contributed by atoms with E-state index in [0.29, 0.717) is 18.3 Å². The molecule has 5 atom stereocenters. The predicted octanol–water partition coefficient (Wildman–Crippen LogP) is 6.93. The number of hydrogen-bond acceptors (Lipinski definition) is 2. The molecule has 2 fully saturated rings. The molecule has 0 bridgehead atoms. The molecule has 184 valence electrons. The summed E-state index contributed by atoms with van der Waals surface area (Å²) in [6.07, 6.45) is 9.15. The number of allylic oxidation sites excluding steroid dienone is 4. The van der Waals surface area contributed by atoms with Gasteiger partial charge in [0.15, 0.2) is 5.78 Å². The van der Waals surface area contributed by atoms with Crippen LogP contribution in [0.1, 0.15) is 81.4 Å². The molecule has 4 aliphatic rings. The van der Waals surface area contributed by atoms with Crippen LogP contribution in [0.25, 0.3) is 0 Å². The van der Waals surface area contributed by atoms with Crippen LogP contribution >= 0.6 is 0 Å². The van der Waals surface area contributed by atoms with E-state index >= 15 is 0 Å². The minimum atomic E-state index is -0.924. The van der Waals surface area contributed by atoms with Gasteiger partial charge in [0, 0.05) is 17.8 Å². The summed E-state index contributed by atoms with van der Waals surface area (Å²) in [5, 5.41) is 11.8. The average Bonchev–Trinajstić information content (AvgIpc) is 3.14. The number of hydrogen-bond donors (Lipinski definition) is 1. The number of rotatable bonds is 3. The minimum absolute atomic E-state index is 0.232. The Morgan fingerprint density at radius 3 is 2.47 bits per heavy atom. The largest absolute Gasteiger partial charge is 0.377 e. The third-order valence-electron chi connectivity index (χ3n) is 9.85. The molecule has 0 unspecified atom stereocenters. The molecule has 2 aromatic rings. The van der Waals surface area contributed by atoms with E-state index in [1.54, 1.807) is 5.57 Å². The van der Waals surface area contributed by atoms with Crippen molar-refractivity contribution in [2.45, 2.75) is 76.7 Å². The molecule has 0 spiro atoms. The van der Waals surface area contributed by atoms with Gasteiger partial charge in [-0.3, -0.25) is 4.79 Å². The molecule has 2 nitrogen and oxygen atoms in total. The van der Waals surface area contributed by atoms with Crippen molar-refractivity contribution in [1.29, 1.82) is 0 Å². The van der Waals surface area contributed by atoms with Crippen LogP contribution in [-0.4, -0.2) is 16.5 Å². The van der Waals surface area contributed by atoms with Crippen molar-refractivity contribution in [1.82, 2.24) is 0 Å². The van der Waals surface area contributed by atoms with E-state index in [2.05, 4.69) is 73.4 Å². The highest BCUT2D eigenvalue weighted by Crippen LogP contribution is 2.66. The first kappa shape index (κ1) is 23.5. The highest BCUT2D eigenvalue weighted by Gasteiger charge is 2.62. The van der Waals surface area contributed by atoms with Crippen LogP contribution in [0.5, 0.6) is 0 Å². The van der Waals surface area contributed by atoms with Gasteiger partial charge in [0.25, 0.3) is 0 Å². The Labute approximate surface area is 215 Å². The maximum absolute atomic E-state index is 12.3. The van der Waals surface area contributed by atoms with Crippen molar-refractivity contribution in [3.63, 3.8) is 0 Å². The first-order valence-electron chi connectivity index (χ1n) is 13.7. The Balaban J connectivity index is 1.43. The molecule has 0 aliphatic heterocycles. The molecular formula is C34H36O2. The Bertz CT molecular complexity index is 1300. The van der Waals surface area contributed by atoms with Gasteiger partial charge in [-0.15, -0.1) is 5.92 Å². The molecule has 0 amide bonds. The van der Waals surface area contributed by atoms with Gasteiger partial charge in [-0.2, -0.15) is 0 Å². The zero-order chi connectivity index (χ0) is 24.9. The van der Waals surface area contributed by atoms with Gasteiger partial charge >= 0.3 is 0 Å². The SMILES string of the molecule is CC#C[C@]1(O)CC[C@H]2[C@@H]3CCC4=CC(=O)CCC4=C3[C@@H](c3ccc(Cc4ccccc4)cc3)C[C@@]21C. The van der Waals surface area contributed by atoms with Gasteiger partial charge in [-0.05, 0) is 97.6 Å². The molecule has 2 heteroatoms. The lowest BCUT2D eigenvalue weighted by atomic mass is 9.51. The van der Waals surface area contributed by atoms with E-state index in [-0.39, 0.29) is 17.1 Å². The Kier molecular flexibility index (Phi) is 5.81. The molecule has 0 radical (unpaired) electrons. The maximum atomic E-state index is 12.3. The number of ketones is 1. The summed E-state index contributed by atoms with van der Waals surface area (Å²) in [7, 11) is 0. The molecule has 2 aromatic carbocycles. The highest BCUT2D eigenvalue weighted by atomic mass is 16.3. The van der Waals surface area contributed by atoms with E-state index in [1.807, 2.05) is 13.0 Å². The van der Waals surface area contributed by atoms with Gasteiger partial charge in [-0.1, -0.05) is 73.0 Å². The lowest BCUT2D eigenvalue weighted by molar-refractivity contribution is -0.114. The number of carbonyl (C=O) groups is 1. The van der Waals surface area contributed by atoms with Crippen molar-refractivity contribution in [3.8, 4) is 11.8 Å². The molecule has 36 heavy (non-hydrogen) atoms. The van der Waals surface area contributed by atoms with E-state index in [0.717, 1.165) is 44.9 Å². The molecule has 4 aliphatic carbocycles. The van der Waals surface area contributed by atoms with Crippen molar-refractivity contribution in [2.75, 3.05) is 0 Å². The first-order chi connectivity index (χ1) is 17.4. The average molecular weight is 477 g/mol. The monoisotopic (exact) mass is 476 g/mol. The summed E-state index contributed by atoms with van der Waals surface area (Å²) >= 11 is 0. The second-order valence-corrected chi connectivity index (χ2v) is 11.7. The van der Waals surface area contributed by atoms with Gasteiger partial charge < -0.3 is 5.11 Å². The fraction of sp³-hybridized carbons (Fsp3) is 0.441. The number of aliphatic hydroxyl groups is 1. The first-order valence-corrected chi connectivity index (χ1v) is 13.7. The standard InChI is InChI=1S/C34H36O2/c1-3-18-34(36)19-17-31-29-15-13-26-21-27(35)14-16-28(26)32(29)30(22-33(31,34)2)25-11-9-24(10-12-25)20-23-7-5-4-6-8-23/h4-12,21,29-31,36H,13-17,19-20,22H2,1-2H3/t29-,30+,31-,33-,34-/m0/s1. The van der Waals surface area contributed by atoms with Crippen LogP contribution in [0.2, 0.25) is 0 Å². The van der Waals surface area contributed by atoms with Crippen LogP contribution < -0.4 is 0 Å². The van der Waals surface area contributed by atoms with Crippen molar-refractivity contribution < 1.29 is 9.90 Å². The van der Waals surface area contributed by atoms with E-state index < -0.39 is 5.60 Å². The number of carbonyl (C=O) groups excluding carboxylic acids is 1. The third-order valence-corrected chi connectivity index (χ3v) is 9.85. The Hall–Kier alpha value is -2.89. The topological polar surface area (TPSA) is 37.3 Å². The lowest BCUT2D eigenvalue weighted by Crippen LogP contribution is -2.51. The quantitative estimate of drug-likeness (QED) is 0.488. The van der Waals surface area contributed by atoms with Crippen LogP contribution in [-0.2, 0) is 11.2 Å². The third kappa shape index (κ3) is 3.72. The van der Waals surface area contributed by atoms with Crippen LogP contribution in [0, 0.1) is 29.1 Å². The summed E-state index contributed by atoms with van der Waals surface area (Å²) in [6.45, 7) is 4.16. The van der Waals surface area contributed by atoms with E-state index in [1.165, 1.54) is 27.8 Å². The van der Waals surface area contributed by atoms with E-state index in [9.17, 15) is 9.90 Å². The zero-order valence-electron chi connectivity index (χ0n) is 21.5. The Morgan fingerprint density at radius 2 is 1.72 bits per heavy atom. The van der Waals surface area contributed by atoms with Gasteiger partial charge in [0.05, 0.1) is 0 Å². The molecule has 2 saturated carbocycles. The second kappa shape index (κ2) is 8.89. The second-order valence-electron chi connectivity index (χ2n) is 11.7. The fourth-order valence-corrected chi connectivity index (χ4v) is 8.08. The molecule has 0 heterocycles. The number of benzene rings is 2. The summed E-state index contributed by atoms with van der Waals surface area (Å²) in [4.78, 5) is 12.3. The van der Waals surface area contributed by atoms with Crippen LogP contribution in [0.4, 0.5) is 0 Å². The molecule has 6 rings (SSSR count). The van der Waals surface area contributed by atoms with E-state index in [4.69, 9.17) is 0 Å². The summed E-state index contributed by atoms with van der Waals surface area (Å²) in [5.74, 6) is 7.77. The minimum Gasteiger partial charge on any atom is -0.377 e. The summed E-state index contributed by atoms with van der Waals surface area (Å²) < 4.78 is 0. The molecule has 0 saturated heterocycles. The maximum Gasteiger partial charge on any atom is 0.156 e. The summed E-state index contributed by atoms with van der Waals surface area (Å²) in [6, 6.07) is 19.8. The van der Waals surface area contributed by atoms with Crippen LogP contribution in [0.15, 0.2) is 77.4 Å². The van der Waals surface area contributed by atoms with Crippen molar-refractivity contribution in [3.05, 3.63) is 94.1 Å². The smallest absolute Gasteiger partial charge is 0.156 e. The van der Waals surface area contributed by atoms with Crippen molar-refractivity contribution in [2.24, 2.45) is 17.3 Å². The van der Waals surface area contributed by atoms with Gasteiger partial charge in [0.1, 0.15) is 5.60 Å². The van der Waals surface area contributed by atoms with Gasteiger partial charge in [-0.25, -0.2) is 0 Å². The van der Waals surface area contributed by atoms with Gasteiger partial charge in [0.2, 0.25) is 0 Å². The molecule has 0 aromatic heterocycles. The van der Waals surface area contributed by atoms with Crippen molar-refractivity contribution >= 4 is 5.78 Å². The fourth-order valence-electron chi connectivity index (χ4n) is 8.08. The predicted molar refractivity (Wildman–Crippen MR) is 144 cm³/mol. The Morgan fingerprint density at radius 1 is 0.972 bits per heavy atom. The highest BCUT2D eigenvalue weighted by molar-refractivity contribution is 5.93. The lowest BCUT2D eigenvalue weighted by Gasteiger charge is -2.53. The number of fused-ring (bicyclic) bond motifs is 4. The summed E-state index contributed by atoms with van der Waals surface area (Å²) in [5.41, 5.74) is 7.16. The van der Waals surface area contributed by atoms with Crippen LogP contribution in [0.3, 0.4) is 0 Å². The molecular weight excluding hydrogens is 440 g/mol. The normalized spacial score (nSPS) is 33.1. The zero-order valence-corrected chi connectivity index (χ0v) is 21.5.